The first kappa shape index (κ1) is 14.9. The second kappa shape index (κ2) is 5.14. The Morgan fingerprint density at radius 3 is 2.68 bits per heavy atom. The second-order valence-corrected chi connectivity index (χ2v) is 6.05. The van der Waals surface area contributed by atoms with E-state index in [1.807, 2.05) is 13.8 Å². The Bertz CT molecular complexity index is 341. The summed E-state index contributed by atoms with van der Waals surface area (Å²) < 4.78 is 17.4. The average Bonchev–Trinajstić information content (AvgIpc) is 2.60. The number of fused-ring (bicyclic) bond motifs is 1. The summed E-state index contributed by atoms with van der Waals surface area (Å²) in [5.41, 5.74) is -1.12. The van der Waals surface area contributed by atoms with Crippen LogP contribution in [-0.2, 0) is 14.2 Å². The molecular weight excluding hydrogens is 248 g/mol. The Hall–Kier alpha value is -0.460. The summed E-state index contributed by atoms with van der Waals surface area (Å²) in [6.45, 7) is 9.18. The number of ether oxygens (including phenoxy) is 3. The van der Waals surface area contributed by atoms with Gasteiger partial charge >= 0.3 is 0 Å². The normalized spacial score (nSPS) is 42.7. The summed E-state index contributed by atoms with van der Waals surface area (Å²) in [5, 5.41) is 20.2. The van der Waals surface area contributed by atoms with E-state index in [4.69, 9.17) is 14.2 Å². The van der Waals surface area contributed by atoms with Gasteiger partial charge in [0.25, 0.3) is 0 Å². The third kappa shape index (κ3) is 3.01. The Kier molecular flexibility index (Phi) is 4.05. The van der Waals surface area contributed by atoms with Crippen LogP contribution in [0.1, 0.15) is 33.6 Å². The predicted molar refractivity (Wildman–Crippen MR) is 69.6 cm³/mol. The van der Waals surface area contributed by atoms with Gasteiger partial charge in [-0.1, -0.05) is 6.08 Å². The lowest BCUT2D eigenvalue weighted by atomic mass is 9.84. The molecular formula is C14H24O5. The van der Waals surface area contributed by atoms with Gasteiger partial charge in [-0.2, -0.15) is 0 Å². The molecule has 0 bridgehead atoms. The zero-order valence-electron chi connectivity index (χ0n) is 11.8. The molecule has 2 N–H and O–H groups in total. The van der Waals surface area contributed by atoms with Crippen molar-refractivity contribution in [3.05, 3.63) is 12.7 Å². The van der Waals surface area contributed by atoms with Crippen molar-refractivity contribution < 1.29 is 24.4 Å². The summed E-state index contributed by atoms with van der Waals surface area (Å²) in [6, 6.07) is 0. The fourth-order valence-electron chi connectivity index (χ4n) is 2.87. The number of rotatable bonds is 4. The van der Waals surface area contributed by atoms with Gasteiger partial charge < -0.3 is 24.4 Å². The predicted octanol–water partition coefficient (Wildman–Crippen LogP) is 0.983. The van der Waals surface area contributed by atoms with Crippen molar-refractivity contribution in [3.63, 3.8) is 0 Å². The van der Waals surface area contributed by atoms with E-state index in [1.165, 1.54) is 0 Å². The minimum Gasteiger partial charge on any atom is -0.393 e. The monoisotopic (exact) mass is 272 g/mol. The van der Waals surface area contributed by atoms with Gasteiger partial charge in [-0.15, -0.1) is 6.58 Å². The second-order valence-electron chi connectivity index (χ2n) is 6.05. The highest BCUT2D eigenvalue weighted by Crippen LogP contribution is 2.42. The molecule has 2 heterocycles. The molecule has 0 amide bonds. The minimum atomic E-state index is -1.12. The highest BCUT2D eigenvalue weighted by molar-refractivity contribution is 5.05. The summed E-state index contributed by atoms with van der Waals surface area (Å²) in [7, 11) is 0. The van der Waals surface area contributed by atoms with E-state index < -0.39 is 23.6 Å². The first-order valence-corrected chi connectivity index (χ1v) is 6.76. The van der Waals surface area contributed by atoms with Crippen LogP contribution in [0.5, 0.6) is 0 Å². The third-order valence-electron chi connectivity index (χ3n) is 3.64. The van der Waals surface area contributed by atoms with Crippen LogP contribution >= 0.6 is 0 Å². The SMILES string of the molecule is C=CC[C@@]1(O)CO[C@@H](CC(C)O)[C@@H]2OC(C)(C)O[C@@H]21. The largest absolute Gasteiger partial charge is 0.393 e. The van der Waals surface area contributed by atoms with Gasteiger partial charge in [0.1, 0.15) is 17.8 Å². The van der Waals surface area contributed by atoms with Gasteiger partial charge in [-0.05, 0) is 27.2 Å². The van der Waals surface area contributed by atoms with Gasteiger partial charge in [-0.3, -0.25) is 0 Å². The van der Waals surface area contributed by atoms with Crippen LogP contribution in [-0.4, -0.2) is 52.6 Å². The maximum absolute atomic E-state index is 10.7. The van der Waals surface area contributed by atoms with Crippen LogP contribution in [0.4, 0.5) is 0 Å². The van der Waals surface area contributed by atoms with Crippen LogP contribution in [0.2, 0.25) is 0 Å². The number of hydrogen-bond donors (Lipinski definition) is 2. The Balaban J connectivity index is 2.20. The van der Waals surface area contributed by atoms with Crippen molar-refractivity contribution >= 4 is 0 Å². The molecule has 110 valence electrons. The van der Waals surface area contributed by atoms with Crippen molar-refractivity contribution in [2.24, 2.45) is 0 Å². The van der Waals surface area contributed by atoms with E-state index in [0.29, 0.717) is 12.8 Å². The van der Waals surface area contributed by atoms with E-state index in [2.05, 4.69) is 6.58 Å². The van der Waals surface area contributed by atoms with Gasteiger partial charge in [0.2, 0.25) is 0 Å². The Morgan fingerprint density at radius 1 is 1.42 bits per heavy atom. The van der Waals surface area contributed by atoms with E-state index in [-0.39, 0.29) is 18.8 Å². The topological polar surface area (TPSA) is 68.2 Å². The first-order valence-electron chi connectivity index (χ1n) is 6.76. The molecule has 0 aromatic carbocycles. The highest BCUT2D eigenvalue weighted by Gasteiger charge is 2.57. The molecule has 2 aliphatic heterocycles. The lowest BCUT2D eigenvalue weighted by Gasteiger charge is -2.43. The molecule has 0 radical (unpaired) electrons. The van der Waals surface area contributed by atoms with Crippen molar-refractivity contribution in [3.8, 4) is 0 Å². The molecule has 2 fully saturated rings. The minimum absolute atomic E-state index is 0.164. The smallest absolute Gasteiger partial charge is 0.164 e. The van der Waals surface area contributed by atoms with Gasteiger partial charge in [0.05, 0.1) is 18.8 Å². The standard InChI is InChI=1S/C14H24O5/c1-5-6-14(16)8-17-10(7-9(2)15)11-12(14)19-13(3,4)18-11/h5,9-12,15-16H,1,6-8H2,2-4H3/t9?,10-,11-,12-,14+/m0/s1. The molecule has 0 saturated carbocycles. The van der Waals surface area contributed by atoms with Crippen LogP contribution < -0.4 is 0 Å². The van der Waals surface area contributed by atoms with Crippen molar-refractivity contribution in [1.82, 2.24) is 0 Å². The van der Waals surface area contributed by atoms with E-state index >= 15 is 0 Å². The number of aliphatic hydroxyl groups is 2. The molecule has 2 saturated heterocycles. The maximum Gasteiger partial charge on any atom is 0.164 e. The molecule has 19 heavy (non-hydrogen) atoms. The average molecular weight is 272 g/mol. The zero-order valence-corrected chi connectivity index (χ0v) is 11.8. The fourth-order valence-corrected chi connectivity index (χ4v) is 2.87. The van der Waals surface area contributed by atoms with Crippen molar-refractivity contribution in [2.45, 2.75) is 69.4 Å². The quantitative estimate of drug-likeness (QED) is 0.747. The molecule has 2 aliphatic rings. The summed E-state index contributed by atoms with van der Waals surface area (Å²) in [4.78, 5) is 0. The summed E-state index contributed by atoms with van der Waals surface area (Å²) in [5.74, 6) is -0.755. The Labute approximate surface area is 114 Å². The van der Waals surface area contributed by atoms with E-state index in [1.54, 1.807) is 13.0 Å². The van der Waals surface area contributed by atoms with Crippen molar-refractivity contribution in [2.75, 3.05) is 6.61 Å². The van der Waals surface area contributed by atoms with E-state index in [0.717, 1.165) is 0 Å². The van der Waals surface area contributed by atoms with Crippen molar-refractivity contribution in [1.29, 1.82) is 0 Å². The molecule has 0 aromatic heterocycles. The molecule has 2 rings (SSSR count). The molecule has 5 nitrogen and oxygen atoms in total. The Morgan fingerprint density at radius 2 is 2.11 bits per heavy atom. The van der Waals surface area contributed by atoms with Crippen LogP contribution in [0.3, 0.4) is 0 Å². The fraction of sp³-hybridized carbons (Fsp3) is 0.857. The van der Waals surface area contributed by atoms with Gasteiger partial charge in [-0.25, -0.2) is 0 Å². The third-order valence-corrected chi connectivity index (χ3v) is 3.64. The lowest BCUT2D eigenvalue weighted by molar-refractivity contribution is -0.203. The van der Waals surface area contributed by atoms with Crippen LogP contribution in [0.15, 0.2) is 12.7 Å². The molecule has 1 unspecified atom stereocenters. The lowest BCUT2D eigenvalue weighted by Crippen LogP contribution is -2.60. The highest BCUT2D eigenvalue weighted by atomic mass is 16.8. The molecule has 0 aromatic rings. The summed E-state index contributed by atoms with van der Waals surface area (Å²) >= 11 is 0. The number of hydrogen-bond acceptors (Lipinski definition) is 5. The van der Waals surface area contributed by atoms with Gasteiger partial charge in [0, 0.05) is 6.42 Å². The first-order chi connectivity index (χ1) is 8.77. The molecule has 5 heteroatoms. The molecule has 0 spiro atoms. The number of aliphatic hydroxyl groups excluding tert-OH is 1. The van der Waals surface area contributed by atoms with E-state index in [9.17, 15) is 10.2 Å². The maximum atomic E-state index is 10.7. The molecule has 0 aliphatic carbocycles. The zero-order chi connectivity index (χ0) is 14.3. The van der Waals surface area contributed by atoms with Gasteiger partial charge in [0.15, 0.2) is 5.79 Å². The molecule has 5 atom stereocenters. The van der Waals surface area contributed by atoms with Crippen LogP contribution in [0.25, 0.3) is 0 Å². The van der Waals surface area contributed by atoms with Crippen LogP contribution in [0, 0.1) is 0 Å². The summed E-state index contributed by atoms with van der Waals surface area (Å²) in [6.07, 6.45) is 0.922.